The zero-order valence-corrected chi connectivity index (χ0v) is 19.4. The average molecular weight is 450 g/mol. The Balaban J connectivity index is 1.26. The molecule has 3 heterocycles. The second-order valence-corrected chi connectivity index (χ2v) is 9.34. The van der Waals surface area contributed by atoms with Gasteiger partial charge in [0.1, 0.15) is 11.6 Å². The highest BCUT2D eigenvalue weighted by Crippen LogP contribution is 2.33. The molecule has 0 amide bonds. The largest absolute Gasteiger partial charge is 0.493 e. The highest BCUT2D eigenvalue weighted by molar-refractivity contribution is 6.33. The number of aryl methyl sites for hydroxylation is 2. The Morgan fingerprint density at radius 1 is 1.09 bits per heavy atom. The molecule has 3 aromatic rings. The summed E-state index contributed by atoms with van der Waals surface area (Å²) in [7, 11) is 0. The van der Waals surface area contributed by atoms with Gasteiger partial charge in [-0.15, -0.1) is 0 Å². The number of halogens is 1. The molecule has 2 aliphatic rings. The number of benzene rings is 2. The second-order valence-electron chi connectivity index (χ2n) is 8.93. The zero-order chi connectivity index (χ0) is 22.2. The van der Waals surface area contributed by atoms with Crippen LogP contribution in [0.15, 0.2) is 47.3 Å². The minimum atomic E-state index is -0.0854. The number of ether oxygens (including phenoxy) is 1. The summed E-state index contributed by atoms with van der Waals surface area (Å²) in [6, 6.07) is 14.1. The van der Waals surface area contributed by atoms with E-state index in [4.69, 9.17) is 16.3 Å². The Morgan fingerprint density at radius 2 is 1.91 bits per heavy atom. The molecule has 32 heavy (non-hydrogen) atoms. The number of piperidine rings is 1. The summed E-state index contributed by atoms with van der Waals surface area (Å²) in [5, 5.41) is 0.673. The predicted molar refractivity (Wildman–Crippen MR) is 129 cm³/mol. The van der Waals surface area contributed by atoms with Crippen LogP contribution in [0.4, 0.5) is 5.69 Å². The normalized spacial score (nSPS) is 16.2. The Kier molecular flexibility index (Phi) is 5.68. The van der Waals surface area contributed by atoms with E-state index in [1.54, 1.807) is 10.6 Å². The summed E-state index contributed by atoms with van der Waals surface area (Å²) in [4.78, 5) is 19.3. The molecule has 0 aliphatic carbocycles. The molecule has 2 aromatic carbocycles. The Labute approximate surface area is 193 Å². The van der Waals surface area contributed by atoms with Gasteiger partial charge in [-0.2, -0.15) is 0 Å². The Hall–Kier alpha value is -2.79. The molecule has 1 aromatic heterocycles. The van der Waals surface area contributed by atoms with Gasteiger partial charge in [-0.3, -0.25) is 9.36 Å². The van der Waals surface area contributed by atoms with Crippen molar-refractivity contribution in [3.8, 4) is 11.4 Å². The van der Waals surface area contributed by atoms with Gasteiger partial charge in [-0.05, 0) is 74.4 Å². The molecule has 0 bridgehead atoms. The Bertz CT molecular complexity index is 1210. The average Bonchev–Trinajstić information content (AvgIpc) is 3.22. The van der Waals surface area contributed by atoms with Gasteiger partial charge in [-0.25, -0.2) is 4.98 Å². The quantitative estimate of drug-likeness (QED) is 0.568. The molecule has 0 radical (unpaired) electrons. The van der Waals surface area contributed by atoms with E-state index in [2.05, 4.69) is 28.1 Å². The van der Waals surface area contributed by atoms with Crippen molar-refractivity contribution >= 4 is 17.3 Å². The summed E-state index contributed by atoms with van der Waals surface area (Å²) < 4.78 is 7.24. The molecule has 6 heteroatoms. The van der Waals surface area contributed by atoms with E-state index in [0.717, 1.165) is 68.2 Å². The van der Waals surface area contributed by atoms with Crippen molar-refractivity contribution in [3.05, 3.63) is 80.5 Å². The van der Waals surface area contributed by atoms with E-state index >= 15 is 0 Å². The van der Waals surface area contributed by atoms with Gasteiger partial charge < -0.3 is 9.64 Å². The van der Waals surface area contributed by atoms with E-state index in [0.29, 0.717) is 16.8 Å². The number of fused-ring (bicyclic) bond motifs is 1. The van der Waals surface area contributed by atoms with E-state index in [1.165, 1.54) is 11.1 Å². The van der Waals surface area contributed by atoms with Crippen LogP contribution in [0.2, 0.25) is 5.02 Å². The maximum Gasteiger partial charge on any atom is 0.258 e. The number of aromatic nitrogens is 2. The highest BCUT2D eigenvalue weighted by atomic mass is 35.5. The van der Waals surface area contributed by atoms with Crippen molar-refractivity contribution in [2.24, 2.45) is 5.92 Å². The minimum absolute atomic E-state index is 0.0854. The number of rotatable bonds is 4. The third-order valence-corrected chi connectivity index (χ3v) is 6.94. The van der Waals surface area contributed by atoms with Crippen molar-refractivity contribution < 1.29 is 4.74 Å². The lowest BCUT2D eigenvalue weighted by atomic mass is 9.89. The van der Waals surface area contributed by atoms with Crippen LogP contribution in [0.25, 0.3) is 5.69 Å². The van der Waals surface area contributed by atoms with Gasteiger partial charge in [-0.1, -0.05) is 23.7 Å². The monoisotopic (exact) mass is 449 g/mol. The fourth-order valence-electron chi connectivity index (χ4n) is 5.02. The molecule has 0 spiro atoms. The fraction of sp³-hybridized carbons (Fsp3) is 0.385. The minimum Gasteiger partial charge on any atom is -0.493 e. The van der Waals surface area contributed by atoms with Crippen LogP contribution in [0.5, 0.6) is 5.75 Å². The van der Waals surface area contributed by atoms with Crippen LogP contribution in [0.3, 0.4) is 0 Å². The molecule has 0 atom stereocenters. The van der Waals surface area contributed by atoms with Gasteiger partial charge >= 0.3 is 0 Å². The molecule has 0 unspecified atom stereocenters. The van der Waals surface area contributed by atoms with E-state index in [-0.39, 0.29) is 5.56 Å². The van der Waals surface area contributed by atoms with Gasteiger partial charge in [0, 0.05) is 31.3 Å². The predicted octanol–water partition coefficient (Wildman–Crippen LogP) is 4.90. The summed E-state index contributed by atoms with van der Waals surface area (Å²) >= 11 is 6.68. The molecule has 0 saturated carbocycles. The maximum absolute atomic E-state index is 12.5. The van der Waals surface area contributed by atoms with Crippen molar-refractivity contribution in [2.75, 3.05) is 24.6 Å². The number of nitrogens with zero attached hydrogens (tertiary/aromatic N) is 3. The molecule has 166 valence electrons. The molecule has 1 fully saturated rings. The first-order valence-electron chi connectivity index (χ1n) is 11.3. The van der Waals surface area contributed by atoms with E-state index in [9.17, 15) is 4.79 Å². The van der Waals surface area contributed by atoms with E-state index in [1.807, 2.05) is 32.0 Å². The Morgan fingerprint density at radius 3 is 2.66 bits per heavy atom. The maximum atomic E-state index is 12.5. The second kappa shape index (κ2) is 8.62. The van der Waals surface area contributed by atoms with Crippen LogP contribution >= 0.6 is 11.6 Å². The van der Waals surface area contributed by atoms with Crippen LogP contribution in [-0.4, -0.2) is 29.2 Å². The van der Waals surface area contributed by atoms with Crippen molar-refractivity contribution in [3.63, 3.8) is 0 Å². The van der Waals surface area contributed by atoms with Gasteiger partial charge in [0.25, 0.3) is 5.56 Å². The van der Waals surface area contributed by atoms with Crippen LogP contribution in [-0.2, 0) is 12.8 Å². The van der Waals surface area contributed by atoms with Gasteiger partial charge in [0.05, 0.1) is 23.0 Å². The third-order valence-electron chi connectivity index (χ3n) is 6.64. The number of hydrogen-bond acceptors (Lipinski definition) is 4. The molecule has 5 nitrogen and oxygen atoms in total. The van der Waals surface area contributed by atoms with Crippen molar-refractivity contribution in [2.45, 2.75) is 39.5 Å². The summed E-state index contributed by atoms with van der Waals surface area (Å²) in [5.74, 6) is 2.41. The first-order chi connectivity index (χ1) is 15.5. The van der Waals surface area contributed by atoms with E-state index < -0.39 is 0 Å². The summed E-state index contributed by atoms with van der Waals surface area (Å²) in [6.45, 7) is 6.46. The van der Waals surface area contributed by atoms with Gasteiger partial charge in [0.2, 0.25) is 0 Å². The molecule has 0 N–H and O–H groups in total. The first-order valence-corrected chi connectivity index (χ1v) is 11.7. The number of anilines is 1. The van der Waals surface area contributed by atoms with Gasteiger partial charge in [0.15, 0.2) is 0 Å². The third kappa shape index (κ3) is 4.14. The molecule has 1 saturated heterocycles. The van der Waals surface area contributed by atoms with Crippen LogP contribution in [0.1, 0.15) is 35.5 Å². The smallest absolute Gasteiger partial charge is 0.258 e. The lowest BCUT2D eigenvalue weighted by Crippen LogP contribution is -2.34. The summed E-state index contributed by atoms with van der Waals surface area (Å²) in [6.07, 6.45) is 4.44. The molecular formula is C26H28ClN3O2. The van der Waals surface area contributed by atoms with Crippen LogP contribution < -0.4 is 15.2 Å². The lowest BCUT2D eigenvalue weighted by Gasteiger charge is -2.34. The fourth-order valence-corrected chi connectivity index (χ4v) is 5.32. The lowest BCUT2D eigenvalue weighted by molar-refractivity contribution is 0.356. The molecule has 2 aliphatic heterocycles. The highest BCUT2D eigenvalue weighted by Gasteiger charge is 2.22. The topological polar surface area (TPSA) is 47.4 Å². The first kappa shape index (κ1) is 21.1. The standard InChI is InChI=1S/C26H28ClN3O2/c1-17-13-26(31)30(18(2)28-17)22-4-5-24(23(27)16-22)29-10-7-19(8-11-29)14-20-3-6-25-21(15-20)9-12-32-25/h3-6,13,15-16,19H,7-12,14H2,1-2H3. The molecule has 5 rings (SSSR count). The zero-order valence-electron chi connectivity index (χ0n) is 18.6. The summed E-state index contributed by atoms with van der Waals surface area (Å²) in [5.41, 5.74) is 5.20. The number of hydrogen-bond donors (Lipinski definition) is 0. The van der Waals surface area contributed by atoms with Crippen molar-refractivity contribution in [1.29, 1.82) is 0 Å². The SMILES string of the molecule is Cc1cc(=O)n(-c2ccc(N3CCC(Cc4ccc5c(c4)CCO5)CC3)c(Cl)c2)c(C)n1. The molecular weight excluding hydrogens is 422 g/mol. The van der Waals surface area contributed by atoms with Crippen molar-refractivity contribution in [1.82, 2.24) is 9.55 Å². The van der Waals surface area contributed by atoms with Crippen LogP contribution in [0, 0.1) is 19.8 Å².